The molecule has 0 amide bonds. The molecule has 22 heavy (non-hydrogen) atoms. The molecule has 5 nitrogen and oxygen atoms in total. The molecule has 0 radical (unpaired) electrons. The molecule has 6 heteroatoms. The van der Waals surface area contributed by atoms with E-state index in [1.54, 1.807) is 13.3 Å². The van der Waals surface area contributed by atoms with Crippen molar-refractivity contribution in [2.75, 3.05) is 7.11 Å². The fourth-order valence-corrected chi connectivity index (χ4v) is 1.86. The Balaban J connectivity index is 2.06. The Kier molecular flexibility index (Phi) is 5.73. The van der Waals surface area contributed by atoms with E-state index in [0.29, 0.717) is 6.61 Å². The molecule has 0 aromatic heterocycles. The molecule has 3 N–H and O–H groups in total. The minimum absolute atomic E-state index is 0.117. The van der Waals surface area contributed by atoms with E-state index in [4.69, 9.17) is 27.4 Å². The number of nitrogens with zero attached hydrogens (tertiary/aromatic N) is 1. The number of para-hydroxylation sites is 1. The highest BCUT2D eigenvalue weighted by Crippen LogP contribution is 2.19. The van der Waals surface area contributed by atoms with Crippen molar-refractivity contribution in [1.29, 1.82) is 0 Å². The zero-order chi connectivity index (χ0) is 15.8. The predicted molar refractivity (Wildman–Crippen MR) is 91.3 cm³/mol. The van der Waals surface area contributed by atoms with E-state index >= 15 is 0 Å². The molecule has 114 valence electrons. The molecule has 0 atom stereocenters. The second-order valence-electron chi connectivity index (χ2n) is 4.41. The molecular formula is C16H17N3O2S. The smallest absolute Gasteiger partial charge is 0.184 e. The van der Waals surface area contributed by atoms with Crippen LogP contribution >= 0.6 is 12.2 Å². The summed E-state index contributed by atoms with van der Waals surface area (Å²) in [6.45, 7) is 0.435. The largest absolute Gasteiger partial charge is 0.497 e. The normalized spacial score (nSPS) is 10.4. The fraction of sp³-hybridized carbons (Fsp3) is 0.125. The third-order valence-electron chi connectivity index (χ3n) is 2.83. The SMILES string of the molecule is COc1cccc(COc2ccccc2/C=N\NC(N)=S)c1. The van der Waals surface area contributed by atoms with Crippen LogP contribution in [0.4, 0.5) is 0 Å². The maximum atomic E-state index is 5.84. The first-order chi connectivity index (χ1) is 10.7. The van der Waals surface area contributed by atoms with Gasteiger partial charge in [-0.15, -0.1) is 0 Å². The van der Waals surface area contributed by atoms with E-state index in [-0.39, 0.29) is 5.11 Å². The molecule has 0 aliphatic heterocycles. The Hall–Kier alpha value is -2.60. The summed E-state index contributed by atoms with van der Waals surface area (Å²) in [6, 6.07) is 15.3. The van der Waals surface area contributed by atoms with Crippen molar-refractivity contribution in [2.24, 2.45) is 10.8 Å². The van der Waals surface area contributed by atoms with Gasteiger partial charge in [0.15, 0.2) is 5.11 Å². The highest BCUT2D eigenvalue weighted by molar-refractivity contribution is 7.80. The number of thiocarbonyl (C=S) groups is 1. The van der Waals surface area contributed by atoms with E-state index in [1.165, 1.54) is 0 Å². The van der Waals surface area contributed by atoms with E-state index in [2.05, 4.69) is 10.5 Å². The minimum atomic E-state index is 0.117. The Morgan fingerprint density at radius 2 is 2.09 bits per heavy atom. The van der Waals surface area contributed by atoms with Gasteiger partial charge in [0.05, 0.1) is 13.3 Å². The molecule has 2 aromatic carbocycles. The van der Waals surface area contributed by atoms with Gasteiger partial charge in [0, 0.05) is 5.56 Å². The average Bonchev–Trinajstić information content (AvgIpc) is 2.54. The topological polar surface area (TPSA) is 68.9 Å². The summed E-state index contributed by atoms with van der Waals surface area (Å²) in [5.41, 5.74) is 9.69. The van der Waals surface area contributed by atoms with Crippen molar-refractivity contribution in [3.8, 4) is 11.5 Å². The quantitative estimate of drug-likeness (QED) is 0.487. The summed E-state index contributed by atoms with van der Waals surface area (Å²) in [7, 11) is 1.64. The molecule has 0 aliphatic rings. The van der Waals surface area contributed by atoms with Gasteiger partial charge in [0.1, 0.15) is 18.1 Å². The molecule has 0 fully saturated rings. The van der Waals surface area contributed by atoms with E-state index in [1.807, 2.05) is 48.5 Å². The number of nitrogens with two attached hydrogens (primary N) is 1. The zero-order valence-electron chi connectivity index (χ0n) is 12.2. The Labute approximate surface area is 134 Å². The lowest BCUT2D eigenvalue weighted by molar-refractivity contribution is 0.305. The van der Waals surface area contributed by atoms with Crippen LogP contribution in [-0.4, -0.2) is 18.4 Å². The zero-order valence-corrected chi connectivity index (χ0v) is 13.0. The van der Waals surface area contributed by atoms with Crippen molar-refractivity contribution in [1.82, 2.24) is 5.43 Å². The molecule has 0 heterocycles. The van der Waals surface area contributed by atoms with Gasteiger partial charge in [0.25, 0.3) is 0 Å². The van der Waals surface area contributed by atoms with Crippen molar-refractivity contribution in [3.63, 3.8) is 0 Å². The molecule has 0 spiro atoms. The summed E-state index contributed by atoms with van der Waals surface area (Å²) in [4.78, 5) is 0. The fourth-order valence-electron chi connectivity index (χ4n) is 1.81. The van der Waals surface area contributed by atoms with Crippen LogP contribution in [0.5, 0.6) is 11.5 Å². The van der Waals surface area contributed by atoms with Gasteiger partial charge in [-0.1, -0.05) is 24.3 Å². The van der Waals surface area contributed by atoms with Crippen molar-refractivity contribution < 1.29 is 9.47 Å². The van der Waals surface area contributed by atoms with Gasteiger partial charge in [-0.2, -0.15) is 5.10 Å². The Morgan fingerprint density at radius 1 is 1.27 bits per heavy atom. The van der Waals surface area contributed by atoms with Crippen LogP contribution in [-0.2, 0) is 6.61 Å². The summed E-state index contributed by atoms with van der Waals surface area (Å²) in [6.07, 6.45) is 1.61. The lowest BCUT2D eigenvalue weighted by atomic mass is 10.2. The number of ether oxygens (including phenoxy) is 2. The molecule has 0 saturated heterocycles. The van der Waals surface area contributed by atoms with Crippen molar-refractivity contribution in [3.05, 3.63) is 59.7 Å². The monoisotopic (exact) mass is 315 g/mol. The highest BCUT2D eigenvalue weighted by atomic mass is 32.1. The summed E-state index contributed by atoms with van der Waals surface area (Å²) < 4.78 is 11.0. The minimum Gasteiger partial charge on any atom is -0.497 e. The van der Waals surface area contributed by atoms with Crippen molar-refractivity contribution in [2.45, 2.75) is 6.61 Å². The number of hydrazone groups is 1. The van der Waals surface area contributed by atoms with Gasteiger partial charge < -0.3 is 15.2 Å². The molecule has 2 rings (SSSR count). The standard InChI is InChI=1S/C16H17N3O2S/c1-20-14-7-4-5-12(9-14)11-21-15-8-3-2-6-13(15)10-18-19-16(17)22/h2-10H,11H2,1H3,(H3,17,19,22)/b18-10-. The average molecular weight is 315 g/mol. The number of hydrogen-bond acceptors (Lipinski definition) is 4. The third kappa shape index (κ3) is 4.75. The van der Waals surface area contributed by atoms with Gasteiger partial charge >= 0.3 is 0 Å². The predicted octanol–water partition coefficient (Wildman–Crippen LogP) is 2.44. The maximum Gasteiger partial charge on any atom is 0.184 e. The third-order valence-corrected chi connectivity index (χ3v) is 2.92. The van der Waals surface area contributed by atoms with Gasteiger partial charge in [-0.05, 0) is 42.0 Å². The second kappa shape index (κ2) is 7.99. The maximum absolute atomic E-state index is 5.84. The van der Waals surface area contributed by atoms with Gasteiger partial charge in [-0.3, -0.25) is 5.43 Å². The molecule has 0 saturated carbocycles. The molecular weight excluding hydrogens is 298 g/mol. The molecule has 0 bridgehead atoms. The first-order valence-corrected chi connectivity index (χ1v) is 7.03. The van der Waals surface area contributed by atoms with Crippen molar-refractivity contribution >= 4 is 23.5 Å². The van der Waals surface area contributed by atoms with E-state index in [9.17, 15) is 0 Å². The van der Waals surface area contributed by atoms with Gasteiger partial charge in [-0.25, -0.2) is 0 Å². The highest BCUT2D eigenvalue weighted by Gasteiger charge is 2.02. The van der Waals surface area contributed by atoms with Crippen LogP contribution in [0.3, 0.4) is 0 Å². The molecule has 0 aliphatic carbocycles. The van der Waals surface area contributed by atoms with Crippen LogP contribution in [0, 0.1) is 0 Å². The Morgan fingerprint density at radius 3 is 2.86 bits per heavy atom. The van der Waals surface area contributed by atoms with Crippen LogP contribution in [0.1, 0.15) is 11.1 Å². The summed E-state index contributed by atoms with van der Waals surface area (Å²) in [5.74, 6) is 1.52. The number of methoxy groups -OCH3 is 1. The second-order valence-corrected chi connectivity index (χ2v) is 4.85. The first kappa shape index (κ1) is 15.8. The Bertz CT molecular complexity index is 674. The summed E-state index contributed by atoms with van der Waals surface area (Å²) >= 11 is 4.69. The van der Waals surface area contributed by atoms with Gasteiger partial charge in [0.2, 0.25) is 0 Å². The molecule has 0 unspecified atom stereocenters. The number of hydrogen-bond donors (Lipinski definition) is 2. The van der Waals surface area contributed by atoms with Crippen LogP contribution < -0.4 is 20.6 Å². The van der Waals surface area contributed by atoms with Crippen LogP contribution in [0.25, 0.3) is 0 Å². The number of rotatable bonds is 6. The van der Waals surface area contributed by atoms with E-state index in [0.717, 1.165) is 22.6 Å². The molecule has 2 aromatic rings. The summed E-state index contributed by atoms with van der Waals surface area (Å²) in [5, 5.41) is 4.06. The number of nitrogens with one attached hydrogen (secondary N) is 1. The lowest BCUT2D eigenvalue weighted by Gasteiger charge is -2.10. The van der Waals surface area contributed by atoms with Crippen LogP contribution in [0.15, 0.2) is 53.6 Å². The number of benzene rings is 2. The lowest BCUT2D eigenvalue weighted by Crippen LogP contribution is -2.24. The van der Waals surface area contributed by atoms with E-state index < -0.39 is 0 Å². The first-order valence-electron chi connectivity index (χ1n) is 6.62. The van der Waals surface area contributed by atoms with Crippen LogP contribution in [0.2, 0.25) is 0 Å².